The molecule has 2 aromatic rings. The van der Waals surface area contributed by atoms with E-state index in [1.165, 1.54) is 28.6 Å². The summed E-state index contributed by atoms with van der Waals surface area (Å²) in [6.07, 6.45) is 0. The lowest BCUT2D eigenvalue weighted by Crippen LogP contribution is -2.30. The number of amides is 1. The number of sulfonamides is 1. The number of hydrogen-bond donors (Lipinski definition) is 2. The summed E-state index contributed by atoms with van der Waals surface area (Å²) in [6, 6.07) is 10.8. The van der Waals surface area contributed by atoms with Crippen LogP contribution < -0.4 is 10.6 Å². The number of carbonyl (C=O) groups is 1. The van der Waals surface area contributed by atoms with E-state index in [9.17, 15) is 21.6 Å². The highest BCUT2D eigenvalue weighted by Crippen LogP contribution is 2.23. The van der Waals surface area contributed by atoms with Gasteiger partial charge in [-0.25, -0.2) is 16.8 Å². The SMILES string of the molecule is CCN(CC)S(=O)(=O)c1ccc(C)c(NC(=O)CNc2ccc(S(=O)(=O)CC)cc2)c1. The van der Waals surface area contributed by atoms with Crippen molar-refractivity contribution in [3.8, 4) is 0 Å². The van der Waals surface area contributed by atoms with Crippen LogP contribution in [0, 0.1) is 6.92 Å². The first-order valence-corrected chi connectivity index (χ1v) is 13.1. The Morgan fingerprint density at radius 3 is 2.03 bits per heavy atom. The molecule has 8 nitrogen and oxygen atoms in total. The summed E-state index contributed by atoms with van der Waals surface area (Å²) in [6.45, 7) is 7.56. The van der Waals surface area contributed by atoms with Gasteiger partial charge in [0.1, 0.15) is 0 Å². The molecule has 0 bridgehead atoms. The van der Waals surface area contributed by atoms with Gasteiger partial charge in [-0.05, 0) is 48.9 Å². The second kappa shape index (κ2) is 10.3. The fraction of sp³-hybridized carbons (Fsp3) is 0.381. The zero-order chi connectivity index (χ0) is 23.2. The molecule has 0 saturated heterocycles. The van der Waals surface area contributed by atoms with E-state index < -0.39 is 19.9 Å². The van der Waals surface area contributed by atoms with Crippen LogP contribution in [-0.2, 0) is 24.7 Å². The largest absolute Gasteiger partial charge is 0.376 e. The van der Waals surface area contributed by atoms with Gasteiger partial charge in [0, 0.05) is 24.5 Å². The summed E-state index contributed by atoms with van der Waals surface area (Å²) < 4.78 is 50.5. The molecule has 0 aliphatic rings. The highest BCUT2D eigenvalue weighted by atomic mass is 32.2. The molecule has 0 radical (unpaired) electrons. The third kappa shape index (κ3) is 6.05. The molecule has 1 amide bonds. The summed E-state index contributed by atoms with van der Waals surface area (Å²) in [5.74, 6) is -0.337. The Morgan fingerprint density at radius 1 is 0.903 bits per heavy atom. The lowest BCUT2D eigenvalue weighted by Gasteiger charge is -2.19. The maximum atomic E-state index is 12.7. The first kappa shape index (κ1) is 24.8. The van der Waals surface area contributed by atoms with Crippen LogP contribution in [0.1, 0.15) is 26.3 Å². The second-order valence-electron chi connectivity index (χ2n) is 6.90. The van der Waals surface area contributed by atoms with E-state index in [0.29, 0.717) is 24.5 Å². The lowest BCUT2D eigenvalue weighted by atomic mass is 10.2. The minimum Gasteiger partial charge on any atom is -0.376 e. The van der Waals surface area contributed by atoms with Crippen molar-refractivity contribution in [3.05, 3.63) is 48.0 Å². The average Bonchev–Trinajstić information content (AvgIpc) is 2.74. The van der Waals surface area contributed by atoms with Crippen molar-refractivity contribution in [1.82, 2.24) is 4.31 Å². The number of nitrogens with one attached hydrogen (secondary N) is 2. The average molecular weight is 468 g/mol. The first-order valence-electron chi connectivity index (χ1n) is 10.0. The summed E-state index contributed by atoms with van der Waals surface area (Å²) in [4.78, 5) is 12.7. The Hall–Kier alpha value is -2.43. The van der Waals surface area contributed by atoms with Gasteiger partial charge in [0.05, 0.1) is 22.1 Å². The third-order valence-electron chi connectivity index (χ3n) is 4.87. The van der Waals surface area contributed by atoms with Gasteiger partial charge in [-0.1, -0.05) is 26.8 Å². The number of carbonyl (C=O) groups excluding carboxylic acids is 1. The minimum atomic E-state index is -3.63. The van der Waals surface area contributed by atoms with Crippen molar-refractivity contribution in [2.45, 2.75) is 37.5 Å². The molecule has 0 aliphatic heterocycles. The number of anilines is 2. The molecule has 0 atom stereocenters. The fourth-order valence-electron chi connectivity index (χ4n) is 2.93. The zero-order valence-electron chi connectivity index (χ0n) is 18.2. The normalized spacial score (nSPS) is 12.0. The summed E-state index contributed by atoms with van der Waals surface area (Å²) in [5, 5.41) is 5.66. The van der Waals surface area contributed by atoms with Crippen LogP contribution in [0.25, 0.3) is 0 Å². The molecule has 2 aromatic carbocycles. The molecule has 2 N–H and O–H groups in total. The molecule has 0 aromatic heterocycles. The van der Waals surface area contributed by atoms with Crippen LogP contribution in [0.3, 0.4) is 0 Å². The highest BCUT2D eigenvalue weighted by molar-refractivity contribution is 7.91. The number of sulfone groups is 1. The van der Waals surface area contributed by atoms with E-state index in [1.54, 1.807) is 45.9 Å². The molecule has 0 fully saturated rings. The molecule has 0 unspecified atom stereocenters. The smallest absolute Gasteiger partial charge is 0.243 e. The van der Waals surface area contributed by atoms with Crippen molar-refractivity contribution < 1.29 is 21.6 Å². The number of benzene rings is 2. The standard InChI is InChI=1S/C21H29N3O5S2/c1-5-24(6-2)31(28,29)19-11-8-16(4)20(14-19)23-21(25)15-22-17-9-12-18(13-10-17)30(26,27)7-3/h8-14,22H,5-7,15H2,1-4H3,(H,23,25). The first-order chi connectivity index (χ1) is 14.5. The van der Waals surface area contributed by atoms with Gasteiger partial charge in [-0.3, -0.25) is 4.79 Å². The minimum absolute atomic E-state index is 0.0184. The lowest BCUT2D eigenvalue weighted by molar-refractivity contribution is -0.114. The molecular formula is C21H29N3O5S2. The summed E-state index contributed by atoms with van der Waals surface area (Å²) in [7, 11) is -6.91. The van der Waals surface area contributed by atoms with Gasteiger partial charge in [0.25, 0.3) is 0 Å². The molecule has 10 heteroatoms. The Bertz CT molecular complexity index is 1120. The van der Waals surface area contributed by atoms with Crippen molar-refractivity contribution in [2.24, 2.45) is 0 Å². The number of hydrogen-bond acceptors (Lipinski definition) is 6. The number of aryl methyl sites for hydroxylation is 1. The van der Waals surface area contributed by atoms with Crippen molar-refractivity contribution in [3.63, 3.8) is 0 Å². The van der Waals surface area contributed by atoms with Gasteiger partial charge < -0.3 is 10.6 Å². The van der Waals surface area contributed by atoms with Crippen LogP contribution in [0.4, 0.5) is 11.4 Å². The van der Waals surface area contributed by atoms with Gasteiger partial charge in [0.15, 0.2) is 9.84 Å². The van der Waals surface area contributed by atoms with E-state index in [4.69, 9.17) is 0 Å². The molecule has 31 heavy (non-hydrogen) atoms. The zero-order valence-corrected chi connectivity index (χ0v) is 19.8. The topological polar surface area (TPSA) is 113 Å². The van der Waals surface area contributed by atoms with Crippen LogP contribution in [0.2, 0.25) is 0 Å². The quantitative estimate of drug-likeness (QED) is 0.556. The van der Waals surface area contributed by atoms with Crippen molar-refractivity contribution in [1.29, 1.82) is 0 Å². The van der Waals surface area contributed by atoms with Gasteiger partial charge in [-0.2, -0.15) is 4.31 Å². The molecule has 0 spiro atoms. The summed E-state index contributed by atoms with van der Waals surface area (Å²) >= 11 is 0. The van der Waals surface area contributed by atoms with Crippen LogP contribution in [-0.4, -0.2) is 52.4 Å². The predicted octanol–water partition coefficient (Wildman–Crippen LogP) is 2.87. The maximum absolute atomic E-state index is 12.7. The van der Waals surface area contributed by atoms with E-state index in [1.807, 2.05) is 0 Å². The number of rotatable bonds is 10. The van der Waals surface area contributed by atoms with E-state index in [2.05, 4.69) is 10.6 Å². The summed E-state index contributed by atoms with van der Waals surface area (Å²) in [5.41, 5.74) is 1.75. The van der Waals surface area contributed by atoms with E-state index >= 15 is 0 Å². The Balaban J connectivity index is 2.09. The Labute approximate surface area is 184 Å². The molecule has 0 aliphatic carbocycles. The maximum Gasteiger partial charge on any atom is 0.243 e. The highest BCUT2D eigenvalue weighted by Gasteiger charge is 2.22. The molecule has 2 rings (SSSR count). The molecular weight excluding hydrogens is 438 g/mol. The van der Waals surface area contributed by atoms with Crippen molar-refractivity contribution in [2.75, 3.05) is 36.0 Å². The second-order valence-corrected chi connectivity index (χ2v) is 11.1. The third-order valence-corrected chi connectivity index (χ3v) is 8.67. The fourth-order valence-corrected chi connectivity index (χ4v) is 5.30. The van der Waals surface area contributed by atoms with Crippen molar-refractivity contribution >= 4 is 37.1 Å². The van der Waals surface area contributed by atoms with E-state index in [-0.39, 0.29) is 28.0 Å². The van der Waals surface area contributed by atoms with Gasteiger partial charge in [-0.15, -0.1) is 0 Å². The van der Waals surface area contributed by atoms with E-state index in [0.717, 1.165) is 5.56 Å². The number of nitrogens with zero attached hydrogens (tertiary/aromatic N) is 1. The predicted molar refractivity (Wildman–Crippen MR) is 123 cm³/mol. The Morgan fingerprint density at radius 2 is 1.48 bits per heavy atom. The molecule has 170 valence electrons. The van der Waals surface area contributed by atoms with Crippen LogP contribution in [0.15, 0.2) is 52.3 Å². The van der Waals surface area contributed by atoms with Gasteiger partial charge >= 0.3 is 0 Å². The van der Waals surface area contributed by atoms with Gasteiger partial charge in [0.2, 0.25) is 15.9 Å². The van der Waals surface area contributed by atoms with Crippen LogP contribution >= 0.6 is 0 Å². The molecule has 0 saturated carbocycles. The monoisotopic (exact) mass is 467 g/mol. The van der Waals surface area contributed by atoms with Crippen LogP contribution in [0.5, 0.6) is 0 Å². The molecule has 0 heterocycles. The Kier molecular flexibility index (Phi) is 8.21.